The molecule has 0 spiro atoms. The zero-order valence-electron chi connectivity index (χ0n) is 13.5. The van der Waals surface area contributed by atoms with Crippen molar-refractivity contribution in [2.24, 2.45) is 5.92 Å². The van der Waals surface area contributed by atoms with Gasteiger partial charge in [-0.15, -0.1) is 36.2 Å². The van der Waals surface area contributed by atoms with Crippen LogP contribution in [0.25, 0.3) is 0 Å². The predicted octanol–water partition coefficient (Wildman–Crippen LogP) is 2.33. The SMILES string of the molecule is Cc1csc(N2CCN(C(=O)CCC3CCNC3)CC2)n1.Cl.Cl. The third-order valence-electron chi connectivity index (χ3n) is 4.44. The van der Waals surface area contributed by atoms with Crippen molar-refractivity contribution in [2.75, 3.05) is 44.2 Å². The van der Waals surface area contributed by atoms with Crippen LogP contribution in [0, 0.1) is 12.8 Å². The number of carbonyl (C=O) groups excluding carboxylic acids is 1. The van der Waals surface area contributed by atoms with Crippen LogP contribution < -0.4 is 10.2 Å². The van der Waals surface area contributed by atoms with Gasteiger partial charge in [0.1, 0.15) is 0 Å². The van der Waals surface area contributed by atoms with Gasteiger partial charge in [-0.2, -0.15) is 0 Å². The van der Waals surface area contributed by atoms with E-state index >= 15 is 0 Å². The molecule has 2 fully saturated rings. The number of amides is 1. The lowest BCUT2D eigenvalue weighted by Crippen LogP contribution is -2.48. The Hall–Kier alpha value is -0.560. The minimum Gasteiger partial charge on any atom is -0.345 e. The number of carbonyl (C=O) groups is 1. The fourth-order valence-corrected chi connectivity index (χ4v) is 3.94. The lowest BCUT2D eigenvalue weighted by Gasteiger charge is -2.34. The Labute approximate surface area is 154 Å². The molecule has 132 valence electrons. The summed E-state index contributed by atoms with van der Waals surface area (Å²) in [4.78, 5) is 21.1. The summed E-state index contributed by atoms with van der Waals surface area (Å²) in [5.74, 6) is 1.03. The smallest absolute Gasteiger partial charge is 0.222 e. The third kappa shape index (κ3) is 5.48. The summed E-state index contributed by atoms with van der Waals surface area (Å²) in [6.07, 6.45) is 2.98. The molecule has 0 bridgehead atoms. The van der Waals surface area contributed by atoms with Gasteiger partial charge in [-0.25, -0.2) is 4.98 Å². The fourth-order valence-electron chi connectivity index (χ4n) is 3.08. The number of nitrogens with zero attached hydrogens (tertiary/aromatic N) is 3. The molecule has 1 unspecified atom stereocenters. The lowest BCUT2D eigenvalue weighted by atomic mass is 10.0. The summed E-state index contributed by atoms with van der Waals surface area (Å²) in [7, 11) is 0. The maximum Gasteiger partial charge on any atom is 0.222 e. The van der Waals surface area contributed by atoms with E-state index in [0.29, 0.717) is 18.2 Å². The van der Waals surface area contributed by atoms with Gasteiger partial charge in [0, 0.05) is 38.0 Å². The molecule has 0 saturated carbocycles. The van der Waals surface area contributed by atoms with Gasteiger partial charge in [0.05, 0.1) is 5.69 Å². The highest BCUT2D eigenvalue weighted by Gasteiger charge is 2.23. The van der Waals surface area contributed by atoms with Crippen molar-refractivity contribution in [3.63, 3.8) is 0 Å². The largest absolute Gasteiger partial charge is 0.345 e. The van der Waals surface area contributed by atoms with Crippen LogP contribution in [-0.2, 0) is 4.79 Å². The Morgan fingerprint density at radius 2 is 2.09 bits per heavy atom. The van der Waals surface area contributed by atoms with E-state index in [-0.39, 0.29) is 24.8 Å². The summed E-state index contributed by atoms with van der Waals surface area (Å²) in [6, 6.07) is 0. The number of rotatable bonds is 4. The van der Waals surface area contributed by atoms with Gasteiger partial charge in [-0.1, -0.05) is 0 Å². The van der Waals surface area contributed by atoms with Crippen molar-refractivity contribution >= 4 is 47.2 Å². The molecule has 23 heavy (non-hydrogen) atoms. The molecule has 1 atom stereocenters. The van der Waals surface area contributed by atoms with Crippen LogP contribution in [-0.4, -0.2) is 55.1 Å². The molecule has 0 aromatic carbocycles. The number of aromatic nitrogens is 1. The van der Waals surface area contributed by atoms with Crippen LogP contribution in [0.15, 0.2) is 5.38 Å². The first-order valence-corrected chi connectivity index (χ1v) is 8.76. The maximum atomic E-state index is 12.3. The number of nitrogens with one attached hydrogen (secondary N) is 1. The summed E-state index contributed by atoms with van der Waals surface area (Å²) in [5, 5.41) is 6.54. The second kappa shape index (κ2) is 9.67. The van der Waals surface area contributed by atoms with E-state index in [1.54, 1.807) is 11.3 Å². The number of piperazine rings is 1. The van der Waals surface area contributed by atoms with Gasteiger partial charge in [-0.3, -0.25) is 4.79 Å². The maximum absolute atomic E-state index is 12.3. The first-order chi connectivity index (χ1) is 10.2. The van der Waals surface area contributed by atoms with Crippen molar-refractivity contribution in [1.29, 1.82) is 0 Å². The quantitative estimate of drug-likeness (QED) is 0.870. The molecule has 2 aliphatic rings. The summed E-state index contributed by atoms with van der Waals surface area (Å²) >= 11 is 1.70. The molecule has 2 aliphatic heterocycles. The van der Waals surface area contributed by atoms with Crippen LogP contribution in [0.5, 0.6) is 0 Å². The van der Waals surface area contributed by atoms with Crippen LogP contribution in [0.2, 0.25) is 0 Å². The number of thiazole rings is 1. The molecule has 1 amide bonds. The van der Waals surface area contributed by atoms with Gasteiger partial charge in [0.15, 0.2) is 5.13 Å². The fraction of sp³-hybridized carbons (Fsp3) is 0.733. The molecule has 3 heterocycles. The number of anilines is 1. The van der Waals surface area contributed by atoms with Crippen LogP contribution in [0.4, 0.5) is 5.13 Å². The lowest BCUT2D eigenvalue weighted by molar-refractivity contribution is -0.131. The van der Waals surface area contributed by atoms with E-state index in [9.17, 15) is 4.79 Å². The second-order valence-corrected chi connectivity index (χ2v) is 6.87. The standard InChI is InChI=1S/C15H24N4OS.2ClH/c1-12-11-21-15(17-12)19-8-6-18(7-9-19)14(20)3-2-13-4-5-16-10-13;;/h11,13,16H,2-10H2,1H3;2*1H. The topological polar surface area (TPSA) is 48.5 Å². The average Bonchev–Trinajstić information content (AvgIpc) is 3.16. The van der Waals surface area contributed by atoms with Crippen LogP contribution >= 0.6 is 36.2 Å². The van der Waals surface area contributed by atoms with Crippen molar-refractivity contribution in [3.05, 3.63) is 11.1 Å². The Morgan fingerprint density at radius 1 is 1.35 bits per heavy atom. The highest BCUT2D eigenvalue weighted by Crippen LogP contribution is 2.22. The minimum atomic E-state index is 0. The van der Waals surface area contributed by atoms with Gasteiger partial charge >= 0.3 is 0 Å². The average molecular weight is 381 g/mol. The summed E-state index contributed by atoms with van der Waals surface area (Å²) < 4.78 is 0. The van der Waals surface area contributed by atoms with Crippen LogP contribution in [0.1, 0.15) is 25.0 Å². The molecule has 1 aromatic heterocycles. The van der Waals surface area contributed by atoms with Crippen molar-refractivity contribution < 1.29 is 4.79 Å². The Balaban J connectivity index is 0.00000132. The van der Waals surface area contributed by atoms with Gasteiger partial charge in [-0.05, 0) is 38.8 Å². The summed E-state index contributed by atoms with van der Waals surface area (Å²) in [6.45, 7) is 7.71. The molecule has 1 N–H and O–H groups in total. The number of hydrogen-bond acceptors (Lipinski definition) is 5. The van der Waals surface area contributed by atoms with Crippen molar-refractivity contribution in [3.8, 4) is 0 Å². The molecule has 5 nitrogen and oxygen atoms in total. The molecule has 0 aliphatic carbocycles. The Bertz CT molecular complexity index is 486. The molecule has 8 heteroatoms. The molecular formula is C15H26Cl2N4OS. The zero-order chi connectivity index (χ0) is 14.7. The van der Waals surface area contributed by atoms with Crippen LogP contribution in [0.3, 0.4) is 0 Å². The summed E-state index contributed by atoms with van der Waals surface area (Å²) in [5.41, 5.74) is 1.08. The number of halogens is 2. The third-order valence-corrected chi connectivity index (χ3v) is 5.46. The molecular weight excluding hydrogens is 355 g/mol. The van der Waals surface area contributed by atoms with Crippen molar-refractivity contribution in [2.45, 2.75) is 26.2 Å². The molecule has 3 rings (SSSR count). The zero-order valence-corrected chi connectivity index (χ0v) is 15.9. The molecule has 1 aromatic rings. The number of hydrogen-bond donors (Lipinski definition) is 1. The highest BCUT2D eigenvalue weighted by atomic mass is 35.5. The normalized spacial score (nSPS) is 20.8. The predicted molar refractivity (Wildman–Crippen MR) is 100 cm³/mol. The van der Waals surface area contributed by atoms with E-state index in [1.165, 1.54) is 6.42 Å². The second-order valence-electron chi connectivity index (χ2n) is 6.04. The van der Waals surface area contributed by atoms with E-state index in [1.807, 2.05) is 11.8 Å². The monoisotopic (exact) mass is 380 g/mol. The first kappa shape index (κ1) is 20.5. The minimum absolute atomic E-state index is 0. The van der Waals surface area contributed by atoms with Crippen molar-refractivity contribution in [1.82, 2.24) is 15.2 Å². The Kier molecular flexibility index (Phi) is 8.61. The number of aryl methyl sites for hydroxylation is 1. The van der Waals surface area contributed by atoms with E-state index in [2.05, 4.69) is 20.6 Å². The first-order valence-electron chi connectivity index (χ1n) is 7.88. The van der Waals surface area contributed by atoms with Gasteiger partial charge < -0.3 is 15.1 Å². The highest BCUT2D eigenvalue weighted by molar-refractivity contribution is 7.13. The van der Waals surface area contributed by atoms with Gasteiger partial charge in [0.2, 0.25) is 5.91 Å². The molecule has 0 radical (unpaired) electrons. The molecule has 2 saturated heterocycles. The van der Waals surface area contributed by atoms with E-state index < -0.39 is 0 Å². The van der Waals surface area contributed by atoms with Gasteiger partial charge in [0.25, 0.3) is 0 Å². The Morgan fingerprint density at radius 3 is 2.65 bits per heavy atom. The van der Waals surface area contributed by atoms with E-state index in [4.69, 9.17) is 0 Å². The van der Waals surface area contributed by atoms with E-state index in [0.717, 1.165) is 56.5 Å².